The number of thioether (sulfide) groups is 1. The molecule has 2 atom stereocenters. The first-order chi connectivity index (χ1) is 22.9. The molecule has 0 spiro atoms. The second kappa shape index (κ2) is 13.7. The lowest BCUT2D eigenvalue weighted by atomic mass is 10.1. The van der Waals surface area contributed by atoms with Gasteiger partial charge in [0.05, 0.1) is 17.3 Å². The summed E-state index contributed by atoms with van der Waals surface area (Å²) < 4.78 is 22.4. The van der Waals surface area contributed by atoms with Crippen molar-refractivity contribution in [3.8, 4) is 11.4 Å². The third-order valence-corrected chi connectivity index (χ3v) is 9.43. The molecule has 244 valence electrons. The Morgan fingerprint density at radius 1 is 0.936 bits per heavy atom. The highest BCUT2D eigenvalue weighted by atomic mass is 35.5. The van der Waals surface area contributed by atoms with Crippen molar-refractivity contribution in [1.29, 1.82) is 0 Å². The minimum atomic E-state index is -1.15. The summed E-state index contributed by atoms with van der Waals surface area (Å²) in [6, 6.07) is 22.0. The number of ether oxygens (including phenoxy) is 3. The first-order valence-electron chi connectivity index (χ1n) is 15.3. The molecule has 0 amide bonds. The van der Waals surface area contributed by atoms with E-state index < -0.39 is 5.79 Å². The van der Waals surface area contributed by atoms with Crippen molar-refractivity contribution in [2.75, 3.05) is 55.4 Å². The molecule has 2 aromatic heterocycles. The van der Waals surface area contributed by atoms with Crippen molar-refractivity contribution in [2.45, 2.75) is 30.5 Å². The normalized spacial score (nSPS) is 19.8. The fourth-order valence-electron chi connectivity index (χ4n) is 5.95. The average molecular weight is 694 g/mol. The van der Waals surface area contributed by atoms with Crippen LogP contribution in [-0.4, -0.2) is 81.3 Å². The zero-order valence-electron chi connectivity index (χ0n) is 26.0. The van der Waals surface area contributed by atoms with E-state index in [0.29, 0.717) is 28.8 Å². The lowest BCUT2D eigenvalue weighted by Gasteiger charge is -2.37. The minimum absolute atomic E-state index is 0.278. The monoisotopic (exact) mass is 692 g/mol. The van der Waals surface area contributed by atoms with E-state index in [-0.39, 0.29) is 12.6 Å². The van der Waals surface area contributed by atoms with Crippen LogP contribution in [0.2, 0.25) is 10.0 Å². The molecule has 0 radical (unpaired) electrons. The van der Waals surface area contributed by atoms with E-state index in [4.69, 9.17) is 37.4 Å². The maximum atomic E-state index is 6.58. The van der Waals surface area contributed by atoms with Crippen LogP contribution in [0.15, 0.2) is 84.5 Å². The van der Waals surface area contributed by atoms with Gasteiger partial charge >= 0.3 is 0 Å². The third kappa shape index (κ3) is 6.93. The molecule has 2 aliphatic rings. The second-order valence-electron chi connectivity index (χ2n) is 11.4. The van der Waals surface area contributed by atoms with Crippen LogP contribution in [0, 0.1) is 6.92 Å². The van der Waals surface area contributed by atoms with Crippen LogP contribution < -0.4 is 14.5 Å². The van der Waals surface area contributed by atoms with Crippen molar-refractivity contribution < 1.29 is 14.2 Å². The summed E-state index contributed by atoms with van der Waals surface area (Å²) in [4.78, 5) is 13.4. The zero-order chi connectivity index (χ0) is 32.4. The molecule has 2 unspecified atom stereocenters. The summed E-state index contributed by atoms with van der Waals surface area (Å²) >= 11 is 14.3. The molecule has 11 nitrogen and oxygen atoms in total. The van der Waals surface area contributed by atoms with Gasteiger partial charge in [-0.2, -0.15) is 5.10 Å². The van der Waals surface area contributed by atoms with Gasteiger partial charge in [0.25, 0.3) is 0 Å². The van der Waals surface area contributed by atoms with Crippen molar-refractivity contribution in [2.24, 2.45) is 0 Å². The fraction of sp³-hybridized carbons (Fsp3) is 0.333. The summed E-state index contributed by atoms with van der Waals surface area (Å²) in [6.07, 6.45) is 4.75. The molecule has 2 fully saturated rings. The Bertz CT molecular complexity index is 1800. The molecule has 7 rings (SSSR count). The maximum Gasteiger partial charge on any atom is 0.217 e. The summed E-state index contributed by atoms with van der Waals surface area (Å²) in [5.41, 5.74) is 4.07. The molecule has 0 aliphatic carbocycles. The lowest BCUT2D eigenvalue weighted by molar-refractivity contribution is -0.190. The van der Waals surface area contributed by atoms with Gasteiger partial charge in [-0.1, -0.05) is 41.0 Å². The molecule has 47 heavy (non-hydrogen) atoms. The van der Waals surface area contributed by atoms with E-state index in [2.05, 4.69) is 66.4 Å². The molecule has 3 aromatic carbocycles. The number of anilines is 2. The Morgan fingerprint density at radius 2 is 1.62 bits per heavy atom. The van der Waals surface area contributed by atoms with Gasteiger partial charge in [0.15, 0.2) is 0 Å². The lowest BCUT2D eigenvalue weighted by Crippen LogP contribution is -2.46. The molecule has 5 aromatic rings. The van der Waals surface area contributed by atoms with Crippen LogP contribution in [0.3, 0.4) is 0 Å². The number of nitrogens with zero attached hydrogens (tertiary/aromatic N) is 8. The number of aromatic nitrogens is 6. The number of hydrogen-bond donors (Lipinski definition) is 0. The largest absolute Gasteiger partial charge is 0.491 e. The van der Waals surface area contributed by atoms with Gasteiger partial charge < -0.3 is 24.0 Å². The van der Waals surface area contributed by atoms with Gasteiger partial charge in [0.2, 0.25) is 10.9 Å². The van der Waals surface area contributed by atoms with Crippen molar-refractivity contribution >= 4 is 46.3 Å². The second-order valence-corrected chi connectivity index (χ2v) is 13.0. The number of benzene rings is 3. The standard InChI is InChI=1S/C33H34Cl2N8O3S/c1-23-38-32(47-2)39-43(23)27-6-4-25(5-7-27)40-13-15-41(16-14-40)26-8-10-28(11-9-26)44-18-29-19-45-33(46-29,20-42-22-36-21-37-42)30-12-3-24(34)17-31(30)35/h3-12,17,21-22,29H,13-16,18-20H2,1-2H3. The minimum Gasteiger partial charge on any atom is -0.491 e. The molecule has 2 aliphatic heterocycles. The number of hydrogen-bond acceptors (Lipinski definition) is 10. The van der Waals surface area contributed by atoms with Crippen LogP contribution in [0.25, 0.3) is 5.69 Å². The van der Waals surface area contributed by atoms with Gasteiger partial charge in [0.1, 0.15) is 43.5 Å². The van der Waals surface area contributed by atoms with Gasteiger partial charge in [-0.05, 0) is 73.8 Å². The van der Waals surface area contributed by atoms with Crippen LogP contribution in [0.5, 0.6) is 5.75 Å². The van der Waals surface area contributed by atoms with Crippen molar-refractivity contribution in [3.63, 3.8) is 0 Å². The first-order valence-corrected chi connectivity index (χ1v) is 17.3. The fourth-order valence-corrected chi connectivity index (χ4v) is 6.89. The van der Waals surface area contributed by atoms with Gasteiger partial charge in [-0.25, -0.2) is 19.3 Å². The molecule has 0 saturated carbocycles. The molecule has 4 heterocycles. The SMILES string of the molecule is CSc1nc(C)n(-c2ccc(N3CCN(c4ccc(OCC5COC(Cn6cncn6)(c6ccc(Cl)cc6Cl)O5)cc4)CC3)cc2)n1. The first kappa shape index (κ1) is 31.8. The highest BCUT2D eigenvalue weighted by molar-refractivity contribution is 7.98. The molecule has 14 heteroatoms. The smallest absolute Gasteiger partial charge is 0.217 e. The Hall–Kier alpha value is -3.81. The van der Waals surface area contributed by atoms with Crippen molar-refractivity contribution in [3.05, 3.63) is 101 Å². The van der Waals surface area contributed by atoms with E-state index >= 15 is 0 Å². The van der Waals surface area contributed by atoms with Crippen LogP contribution in [0.1, 0.15) is 11.4 Å². The van der Waals surface area contributed by atoms with Gasteiger partial charge in [0, 0.05) is 48.1 Å². The summed E-state index contributed by atoms with van der Waals surface area (Å²) in [5, 5.41) is 10.6. The van der Waals surface area contributed by atoms with Crippen molar-refractivity contribution in [1.82, 2.24) is 29.5 Å². The van der Waals surface area contributed by atoms with E-state index in [1.807, 2.05) is 36.1 Å². The van der Waals surface area contributed by atoms with Gasteiger partial charge in [-0.15, -0.1) is 5.10 Å². The number of halogens is 2. The Balaban J connectivity index is 0.929. The third-order valence-electron chi connectivity index (χ3n) is 8.35. The molecule has 0 N–H and O–H groups in total. The zero-order valence-corrected chi connectivity index (χ0v) is 28.3. The van der Waals surface area contributed by atoms with Crippen LogP contribution >= 0.6 is 35.0 Å². The van der Waals surface area contributed by atoms with E-state index in [0.717, 1.165) is 48.6 Å². The highest BCUT2D eigenvalue weighted by Gasteiger charge is 2.45. The molecule has 2 saturated heterocycles. The van der Waals surface area contributed by atoms with Gasteiger partial charge in [-0.3, -0.25) is 0 Å². The number of rotatable bonds is 10. The van der Waals surface area contributed by atoms with E-state index in [1.165, 1.54) is 17.7 Å². The Kier molecular flexibility index (Phi) is 9.29. The topological polar surface area (TPSA) is 95.6 Å². The number of piperazine rings is 1. The molecule has 0 bridgehead atoms. The molecular formula is C33H34Cl2N8O3S. The summed E-state index contributed by atoms with van der Waals surface area (Å²) in [7, 11) is 0. The highest BCUT2D eigenvalue weighted by Crippen LogP contribution is 2.40. The molecular weight excluding hydrogens is 659 g/mol. The summed E-state index contributed by atoms with van der Waals surface area (Å²) in [5.74, 6) is 0.502. The van der Waals surface area contributed by atoms with Crippen LogP contribution in [-0.2, 0) is 21.8 Å². The number of aryl methyl sites for hydroxylation is 1. The van der Waals surface area contributed by atoms with E-state index in [9.17, 15) is 0 Å². The maximum absolute atomic E-state index is 6.58. The van der Waals surface area contributed by atoms with E-state index in [1.54, 1.807) is 34.9 Å². The predicted octanol–water partition coefficient (Wildman–Crippen LogP) is 5.87. The Labute approximate surface area is 287 Å². The quantitative estimate of drug-likeness (QED) is 0.165. The average Bonchev–Trinajstić information content (AvgIpc) is 3.85. The predicted molar refractivity (Wildman–Crippen MR) is 183 cm³/mol. The summed E-state index contributed by atoms with van der Waals surface area (Å²) in [6.45, 7) is 6.62. The van der Waals surface area contributed by atoms with Crippen LogP contribution in [0.4, 0.5) is 11.4 Å². The Morgan fingerprint density at radius 3 is 2.23 bits per heavy atom.